The maximum Gasteiger partial charge on any atom is 0.328 e. The lowest BCUT2D eigenvalue weighted by molar-refractivity contribution is -0.144. The molecule has 1 unspecified atom stereocenters. The number of carbonyl (C=O) groups is 2. The van der Waals surface area contributed by atoms with Crippen LogP contribution < -0.4 is 5.32 Å². The van der Waals surface area contributed by atoms with Crippen LogP contribution >= 0.6 is 0 Å². The molecule has 0 saturated heterocycles. The number of hydrogen-bond acceptors (Lipinski definition) is 3. The van der Waals surface area contributed by atoms with Crippen molar-refractivity contribution in [1.82, 2.24) is 5.32 Å². The fourth-order valence-corrected chi connectivity index (χ4v) is 1.62. The first-order valence-electron chi connectivity index (χ1n) is 6.49. The SMILES string of the molecule is CCCCCCCCC(=O)NC(C)C(=O)OC. The first-order valence-corrected chi connectivity index (χ1v) is 6.49. The summed E-state index contributed by atoms with van der Waals surface area (Å²) in [7, 11) is 1.32. The molecular formula is C13H25NO3. The van der Waals surface area contributed by atoms with E-state index in [9.17, 15) is 9.59 Å². The Balaban J connectivity index is 3.49. The molecule has 0 aliphatic rings. The van der Waals surface area contributed by atoms with Crippen LogP contribution in [-0.4, -0.2) is 25.0 Å². The fraction of sp³-hybridized carbons (Fsp3) is 0.846. The van der Waals surface area contributed by atoms with E-state index in [4.69, 9.17) is 0 Å². The molecule has 0 aliphatic heterocycles. The van der Waals surface area contributed by atoms with Crippen LogP contribution in [0.4, 0.5) is 0 Å². The first-order chi connectivity index (χ1) is 8.11. The molecule has 0 bridgehead atoms. The minimum atomic E-state index is -0.549. The summed E-state index contributed by atoms with van der Waals surface area (Å²) in [5, 5.41) is 2.62. The highest BCUT2D eigenvalue weighted by Gasteiger charge is 2.14. The molecule has 0 spiro atoms. The molecular weight excluding hydrogens is 218 g/mol. The van der Waals surface area contributed by atoms with E-state index in [0.29, 0.717) is 6.42 Å². The molecule has 0 fully saturated rings. The molecule has 1 amide bonds. The average molecular weight is 243 g/mol. The van der Waals surface area contributed by atoms with Gasteiger partial charge in [0, 0.05) is 6.42 Å². The molecule has 0 heterocycles. The van der Waals surface area contributed by atoms with Crippen molar-refractivity contribution >= 4 is 11.9 Å². The molecule has 17 heavy (non-hydrogen) atoms. The van der Waals surface area contributed by atoms with E-state index in [1.165, 1.54) is 32.8 Å². The van der Waals surface area contributed by atoms with Crippen molar-refractivity contribution in [2.45, 2.75) is 64.8 Å². The number of nitrogens with one attached hydrogen (secondary N) is 1. The third kappa shape index (κ3) is 8.72. The molecule has 0 aliphatic carbocycles. The summed E-state index contributed by atoms with van der Waals surface area (Å²) in [6, 6.07) is -0.549. The highest BCUT2D eigenvalue weighted by atomic mass is 16.5. The molecule has 0 saturated carbocycles. The second-order valence-electron chi connectivity index (χ2n) is 4.33. The molecule has 0 aromatic rings. The number of esters is 1. The van der Waals surface area contributed by atoms with Crippen LogP contribution in [-0.2, 0) is 14.3 Å². The normalized spacial score (nSPS) is 11.9. The van der Waals surface area contributed by atoms with Gasteiger partial charge < -0.3 is 10.1 Å². The van der Waals surface area contributed by atoms with E-state index in [1.54, 1.807) is 6.92 Å². The largest absolute Gasteiger partial charge is 0.467 e. The fourth-order valence-electron chi connectivity index (χ4n) is 1.62. The average Bonchev–Trinajstić information content (AvgIpc) is 2.32. The number of rotatable bonds is 9. The van der Waals surface area contributed by atoms with Gasteiger partial charge in [-0.05, 0) is 13.3 Å². The van der Waals surface area contributed by atoms with Crippen molar-refractivity contribution in [2.75, 3.05) is 7.11 Å². The first kappa shape index (κ1) is 15.9. The van der Waals surface area contributed by atoms with Crippen molar-refractivity contribution < 1.29 is 14.3 Å². The van der Waals surface area contributed by atoms with Crippen LogP contribution in [0.5, 0.6) is 0 Å². The predicted molar refractivity (Wildman–Crippen MR) is 67.6 cm³/mol. The third-order valence-electron chi connectivity index (χ3n) is 2.69. The summed E-state index contributed by atoms with van der Waals surface area (Å²) in [4.78, 5) is 22.5. The summed E-state index contributed by atoms with van der Waals surface area (Å²) in [5.74, 6) is -0.473. The minimum absolute atomic E-state index is 0.0709. The van der Waals surface area contributed by atoms with Crippen molar-refractivity contribution in [3.63, 3.8) is 0 Å². The molecule has 0 rings (SSSR count). The number of unbranched alkanes of at least 4 members (excludes halogenated alkanes) is 5. The van der Waals surface area contributed by atoms with Crippen LogP contribution in [0.2, 0.25) is 0 Å². The van der Waals surface area contributed by atoms with Crippen molar-refractivity contribution in [3.8, 4) is 0 Å². The molecule has 4 heteroatoms. The van der Waals surface area contributed by atoms with Gasteiger partial charge in [0.1, 0.15) is 6.04 Å². The lowest BCUT2D eigenvalue weighted by Crippen LogP contribution is -2.38. The number of carbonyl (C=O) groups excluding carboxylic acids is 2. The monoisotopic (exact) mass is 243 g/mol. The predicted octanol–water partition coefficient (Wildman–Crippen LogP) is 2.41. The quantitative estimate of drug-likeness (QED) is 0.500. The second kappa shape index (κ2) is 10.1. The Morgan fingerprint density at radius 1 is 1.12 bits per heavy atom. The summed E-state index contributed by atoms with van der Waals surface area (Å²) in [6.45, 7) is 3.81. The van der Waals surface area contributed by atoms with Crippen LogP contribution in [0.3, 0.4) is 0 Å². The third-order valence-corrected chi connectivity index (χ3v) is 2.69. The summed E-state index contributed by atoms with van der Waals surface area (Å²) >= 11 is 0. The van der Waals surface area contributed by atoms with Crippen molar-refractivity contribution in [2.24, 2.45) is 0 Å². The highest BCUT2D eigenvalue weighted by Crippen LogP contribution is 2.06. The number of methoxy groups -OCH3 is 1. The summed E-state index contributed by atoms with van der Waals surface area (Å²) < 4.78 is 4.53. The van der Waals surface area contributed by atoms with Crippen LogP contribution in [0.15, 0.2) is 0 Å². The van der Waals surface area contributed by atoms with E-state index in [0.717, 1.165) is 12.8 Å². The van der Waals surface area contributed by atoms with Gasteiger partial charge in [0.25, 0.3) is 0 Å². The highest BCUT2D eigenvalue weighted by molar-refractivity contribution is 5.83. The van der Waals surface area contributed by atoms with Crippen molar-refractivity contribution in [1.29, 1.82) is 0 Å². The second-order valence-corrected chi connectivity index (χ2v) is 4.33. The lowest BCUT2D eigenvalue weighted by atomic mass is 10.1. The Hall–Kier alpha value is -1.06. The Labute approximate surface area is 104 Å². The minimum Gasteiger partial charge on any atom is -0.467 e. The van der Waals surface area contributed by atoms with Gasteiger partial charge in [0.05, 0.1) is 7.11 Å². The zero-order valence-electron chi connectivity index (χ0n) is 11.3. The standard InChI is InChI=1S/C13H25NO3/c1-4-5-6-7-8-9-10-12(15)14-11(2)13(16)17-3/h11H,4-10H2,1-3H3,(H,14,15). The van der Waals surface area contributed by atoms with Crippen LogP contribution in [0.25, 0.3) is 0 Å². The maximum atomic E-state index is 11.4. The van der Waals surface area contributed by atoms with E-state index < -0.39 is 12.0 Å². The van der Waals surface area contributed by atoms with E-state index in [-0.39, 0.29) is 5.91 Å². The number of ether oxygens (including phenoxy) is 1. The van der Waals surface area contributed by atoms with Gasteiger partial charge in [-0.15, -0.1) is 0 Å². The Kier molecular flexibility index (Phi) is 9.49. The Bertz CT molecular complexity index is 229. The van der Waals surface area contributed by atoms with Gasteiger partial charge in [-0.2, -0.15) is 0 Å². The van der Waals surface area contributed by atoms with Gasteiger partial charge in [-0.1, -0.05) is 39.0 Å². The number of amides is 1. The molecule has 1 N–H and O–H groups in total. The molecule has 0 radical (unpaired) electrons. The van der Waals surface area contributed by atoms with Crippen molar-refractivity contribution in [3.05, 3.63) is 0 Å². The molecule has 100 valence electrons. The molecule has 1 atom stereocenters. The van der Waals surface area contributed by atoms with Gasteiger partial charge in [-0.3, -0.25) is 4.79 Å². The van der Waals surface area contributed by atoms with Gasteiger partial charge >= 0.3 is 5.97 Å². The number of hydrogen-bond donors (Lipinski definition) is 1. The van der Waals surface area contributed by atoms with E-state index in [2.05, 4.69) is 17.0 Å². The zero-order chi connectivity index (χ0) is 13.1. The van der Waals surface area contributed by atoms with Gasteiger partial charge in [0.15, 0.2) is 0 Å². The summed E-state index contributed by atoms with van der Waals surface area (Å²) in [6.07, 6.45) is 7.41. The van der Waals surface area contributed by atoms with Crippen LogP contribution in [0, 0.1) is 0 Å². The Morgan fingerprint density at radius 2 is 1.71 bits per heavy atom. The molecule has 0 aromatic heterocycles. The molecule has 4 nitrogen and oxygen atoms in total. The maximum absolute atomic E-state index is 11.4. The lowest BCUT2D eigenvalue weighted by Gasteiger charge is -2.11. The molecule has 0 aromatic carbocycles. The van der Waals surface area contributed by atoms with Gasteiger partial charge in [0.2, 0.25) is 5.91 Å². The smallest absolute Gasteiger partial charge is 0.328 e. The topological polar surface area (TPSA) is 55.4 Å². The summed E-state index contributed by atoms with van der Waals surface area (Å²) in [5.41, 5.74) is 0. The Morgan fingerprint density at radius 3 is 2.29 bits per heavy atom. The van der Waals surface area contributed by atoms with Crippen LogP contribution in [0.1, 0.15) is 58.8 Å². The van der Waals surface area contributed by atoms with Gasteiger partial charge in [-0.25, -0.2) is 4.79 Å². The van der Waals surface area contributed by atoms with E-state index >= 15 is 0 Å². The van der Waals surface area contributed by atoms with E-state index in [1.807, 2.05) is 0 Å². The zero-order valence-corrected chi connectivity index (χ0v) is 11.3.